The maximum Gasteiger partial charge on any atom is 0.313 e. The molecule has 4 aliphatic heterocycles. The second kappa shape index (κ2) is 16.4. The Balaban J connectivity index is 1.43. The summed E-state index contributed by atoms with van der Waals surface area (Å²) in [5.41, 5.74) is -0.545. The molecular weight excluding hydrogens is 628 g/mol. The van der Waals surface area contributed by atoms with Gasteiger partial charge in [0, 0.05) is 39.1 Å². The minimum Gasteiger partial charge on any atom is -0.455 e. The van der Waals surface area contributed by atoms with Crippen molar-refractivity contribution in [1.82, 2.24) is 20.0 Å². The number of likely N-dealkylation sites (tertiary alicyclic amines) is 1. The maximum atomic E-state index is 14.7. The van der Waals surface area contributed by atoms with Gasteiger partial charge < -0.3 is 34.4 Å². The maximum absolute atomic E-state index is 14.7. The van der Waals surface area contributed by atoms with Gasteiger partial charge in [-0.25, -0.2) is 0 Å². The van der Waals surface area contributed by atoms with Crippen molar-refractivity contribution in [3.63, 3.8) is 0 Å². The molecule has 4 fully saturated rings. The van der Waals surface area contributed by atoms with Crippen LogP contribution in [0.4, 0.5) is 0 Å². The third-order valence-electron chi connectivity index (χ3n) is 10.5. The Bertz CT molecular complexity index is 1350. The lowest BCUT2D eigenvalue weighted by atomic mass is 9.70. The van der Waals surface area contributed by atoms with Crippen LogP contribution in [0.3, 0.4) is 0 Å². The van der Waals surface area contributed by atoms with E-state index in [4.69, 9.17) is 14.2 Å². The summed E-state index contributed by atoms with van der Waals surface area (Å²) in [5.74, 6) is -3.52. The van der Waals surface area contributed by atoms with Gasteiger partial charge >= 0.3 is 5.97 Å². The van der Waals surface area contributed by atoms with Crippen LogP contribution in [0.5, 0.6) is 0 Å². The van der Waals surface area contributed by atoms with E-state index in [1.807, 2.05) is 44.2 Å². The van der Waals surface area contributed by atoms with Crippen LogP contribution >= 0.6 is 0 Å². The number of fused-ring (bicyclic) bond motifs is 1. The lowest BCUT2D eigenvalue weighted by Gasteiger charge is -2.40. The lowest BCUT2D eigenvalue weighted by Crippen LogP contribution is -2.60. The normalized spacial score (nSPS) is 27.4. The topological polar surface area (TPSA) is 138 Å². The van der Waals surface area contributed by atoms with Gasteiger partial charge in [-0.15, -0.1) is 13.2 Å². The monoisotopic (exact) mass is 680 g/mol. The van der Waals surface area contributed by atoms with Crippen LogP contribution in [0.1, 0.15) is 51.2 Å². The summed E-state index contributed by atoms with van der Waals surface area (Å²) in [5, 5.41) is 13.4. The van der Waals surface area contributed by atoms with Crippen LogP contribution in [0, 0.1) is 17.8 Å². The molecule has 4 aliphatic rings. The standard InChI is InChI=1S/C37H52N4O8/c1-5-7-13-30(43)38-23-29(26-11-9-8-10-12-26)48-36(46)31-28-14-15-37(49-28)32(31)34(44)41(27(24-42)25(3)4)33(37)35(45)40(16-6-2)18-17-39-19-21-47-22-20-39/h5-6,8-12,25,27-29,31-33,42H,1-2,7,13-24H2,3-4H3,(H,38,43)/t27-,28+,29-,31-,32-,33+,37-/m0/s1. The summed E-state index contributed by atoms with van der Waals surface area (Å²) in [4.78, 5) is 61.5. The van der Waals surface area contributed by atoms with Gasteiger partial charge in [-0.1, -0.05) is 56.3 Å². The Labute approximate surface area is 289 Å². The van der Waals surface area contributed by atoms with Crippen molar-refractivity contribution in [2.45, 2.75) is 69.4 Å². The number of allylic oxidation sites excluding steroid dienone is 1. The van der Waals surface area contributed by atoms with E-state index in [0.29, 0.717) is 51.1 Å². The predicted octanol–water partition coefficient (Wildman–Crippen LogP) is 2.09. The second-order valence-corrected chi connectivity index (χ2v) is 13.8. The largest absolute Gasteiger partial charge is 0.455 e. The van der Waals surface area contributed by atoms with Gasteiger partial charge in [-0.3, -0.25) is 24.1 Å². The fraction of sp³-hybridized carbons (Fsp3) is 0.622. The number of amides is 3. The van der Waals surface area contributed by atoms with Crippen molar-refractivity contribution in [3.8, 4) is 0 Å². The molecule has 0 saturated carbocycles. The number of nitrogens with zero attached hydrogens (tertiary/aromatic N) is 3. The molecule has 4 saturated heterocycles. The molecule has 0 aliphatic carbocycles. The minimum atomic E-state index is -1.25. The zero-order chi connectivity index (χ0) is 35.1. The first kappa shape index (κ1) is 36.7. The van der Waals surface area contributed by atoms with Gasteiger partial charge in [0.15, 0.2) is 0 Å². The molecule has 1 aromatic rings. The van der Waals surface area contributed by atoms with Gasteiger partial charge in [0.25, 0.3) is 0 Å². The summed E-state index contributed by atoms with van der Waals surface area (Å²) in [6.07, 6.45) is 3.62. The van der Waals surface area contributed by atoms with Gasteiger partial charge in [0.2, 0.25) is 17.7 Å². The number of morpholine rings is 1. The molecule has 2 bridgehead atoms. The van der Waals surface area contributed by atoms with Crippen LogP contribution in [-0.2, 0) is 33.4 Å². The average Bonchev–Trinajstić information content (AvgIpc) is 3.75. The molecule has 0 unspecified atom stereocenters. The molecule has 12 nitrogen and oxygen atoms in total. The number of hydrogen-bond donors (Lipinski definition) is 2. The molecule has 0 radical (unpaired) electrons. The molecule has 0 aromatic heterocycles. The van der Waals surface area contributed by atoms with E-state index in [0.717, 1.165) is 13.1 Å². The van der Waals surface area contributed by atoms with Crippen LogP contribution in [-0.4, -0.2) is 126 Å². The first-order valence-corrected chi connectivity index (χ1v) is 17.6. The highest BCUT2D eigenvalue weighted by Gasteiger charge is 2.75. The van der Waals surface area contributed by atoms with Crippen molar-refractivity contribution in [2.24, 2.45) is 17.8 Å². The van der Waals surface area contributed by atoms with Gasteiger partial charge in [0.05, 0.1) is 50.3 Å². The summed E-state index contributed by atoms with van der Waals surface area (Å²) in [6, 6.07) is 7.47. The molecule has 3 amide bonds. The quantitative estimate of drug-likeness (QED) is 0.187. The Hall–Kier alpha value is -3.58. The smallest absolute Gasteiger partial charge is 0.313 e. The minimum absolute atomic E-state index is 0.0561. The molecule has 1 aromatic carbocycles. The average molecular weight is 681 g/mol. The molecule has 4 heterocycles. The summed E-state index contributed by atoms with van der Waals surface area (Å²) < 4.78 is 18.3. The van der Waals surface area contributed by atoms with Crippen LogP contribution in [0.25, 0.3) is 0 Å². The van der Waals surface area contributed by atoms with Gasteiger partial charge in [0.1, 0.15) is 17.7 Å². The van der Waals surface area contributed by atoms with Crippen LogP contribution in [0.2, 0.25) is 0 Å². The Morgan fingerprint density at radius 1 is 1.16 bits per heavy atom. The van der Waals surface area contributed by atoms with Gasteiger partial charge in [-0.2, -0.15) is 0 Å². The van der Waals surface area contributed by atoms with E-state index in [1.54, 1.807) is 17.1 Å². The number of carbonyl (C=O) groups excluding carboxylic acids is 4. The number of hydrogen-bond acceptors (Lipinski definition) is 9. The first-order valence-electron chi connectivity index (χ1n) is 17.6. The van der Waals surface area contributed by atoms with E-state index in [2.05, 4.69) is 23.4 Å². The molecule has 49 heavy (non-hydrogen) atoms. The Morgan fingerprint density at radius 3 is 2.55 bits per heavy atom. The van der Waals surface area contributed by atoms with Crippen LogP contribution < -0.4 is 5.32 Å². The highest BCUT2D eigenvalue weighted by molar-refractivity contribution is 5.98. The molecule has 7 atom stereocenters. The van der Waals surface area contributed by atoms with E-state index in [-0.39, 0.29) is 49.8 Å². The van der Waals surface area contributed by atoms with Crippen molar-refractivity contribution >= 4 is 23.7 Å². The number of nitrogens with one attached hydrogen (secondary N) is 1. The number of rotatable bonds is 17. The Kier molecular flexibility index (Phi) is 12.3. The zero-order valence-electron chi connectivity index (χ0n) is 28.8. The van der Waals surface area contributed by atoms with Crippen molar-refractivity contribution in [1.29, 1.82) is 0 Å². The Morgan fingerprint density at radius 2 is 1.90 bits per heavy atom. The van der Waals surface area contributed by atoms with E-state index < -0.39 is 47.7 Å². The molecule has 12 heteroatoms. The fourth-order valence-electron chi connectivity index (χ4n) is 7.96. The molecule has 2 N–H and O–H groups in total. The predicted molar refractivity (Wildman–Crippen MR) is 182 cm³/mol. The summed E-state index contributed by atoms with van der Waals surface area (Å²) in [7, 11) is 0. The SMILES string of the molecule is C=CCCC(=O)NC[C@H](OC(=O)[C@@H]1[C@H]2C(=O)N([C@@H](CO)C(C)C)[C@H](C(=O)N(CC=C)CCN3CCOCC3)[C@]23CC[C@H]1O3)c1ccccc1. The summed E-state index contributed by atoms with van der Waals surface area (Å²) >= 11 is 0. The number of carbonyl (C=O) groups is 4. The van der Waals surface area contributed by atoms with Crippen molar-refractivity contribution in [2.75, 3.05) is 59.1 Å². The number of aliphatic hydroxyl groups excluding tert-OH is 1. The number of aliphatic hydroxyl groups is 1. The summed E-state index contributed by atoms with van der Waals surface area (Å²) in [6.45, 7) is 15.2. The second-order valence-electron chi connectivity index (χ2n) is 13.8. The van der Waals surface area contributed by atoms with E-state index in [9.17, 15) is 24.3 Å². The van der Waals surface area contributed by atoms with Crippen molar-refractivity contribution < 1.29 is 38.5 Å². The highest BCUT2D eigenvalue weighted by atomic mass is 16.6. The zero-order valence-corrected chi connectivity index (χ0v) is 28.8. The highest BCUT2D eigenvalue weighted by Crippen LogP contribution is 2.59. The van der Waals surface area contributed by atoms with E-state index in [1.165, 1.54) is 4.90 Å². The molecule has 5 rings (SSSR count). The van der Waals surface area contributed by atoms with Crippen LogP contribution in [0.15, 0.2) is 55.6 Å². The third kappa shape index (κ3) is 7.62. The van der Waals surface area contributed by atoms with E-state index >= 15 is 0 Å². The van der Waals surface area contributed by atoms with Gasteiger partial charge in [-0.05, 0) is 30.7 Å². The molecular formula is C37H52N4O8. The third-order valence-corrected chi connectivity index (χ3v) is 10.5. The first-order chi connectivity index (χ1) is 23.7. The number of ether oxygens (including phenoxy) is 3. The fourth-order valence-corrected chi connectivity index (χ4v) is 7.96. The molecule has 268 valence electrons. The number of benzene rings is 1. The van der Waals surface area contributed by atoms with Crippen molar-refractivity contribution in [3.05, 3.63) is 61.2 Å². The molecule has 1 spiro atoms. The lowest BCUT2D eigenvalue weighted by molar-refractivity contribution is -0.161. The number of esters is 1.